The van der Waals surface area contributed by atoms with E-state index in [2.05, 4.69) is 4.98 Å². The van der Waals surface area contributed by atoms with Crippen molar-refractivity contribution in [1.29, 1.82) is 0 Å². The first kappa shape index (κ1) is 18.4. The highest BCUT2D eigenvalue weighted by Crippen LogP contribution is 2.36. The number of phenolic OH excluding ortho intramolecular Hbond substituents is 1. The summed E-state index contributed by atoms with van der Waals surface area (Å²) in [7, 11) is 0. The van der Waals surface area contributed by atoms with E-state index >= 15 is 0 Å². The van der Waals surface area contributed by atoms with Gasteiger partial charge in [-0.05, 0) is 25.1 Å². The van der Waals surface area contributed by atoms with Gasteiger partial charge in [0.25, 0.3) is 0 Å². The third-order valence-electron chi connectivity index (χ3n) is 4.15. The smallest absolute Gasteiger partial charge is 0.134 e. The summed E-state index contributed by atoms with van der Waals surface area (Å²) in [6.07, 6.45) is 1.41. The normalized spacial score (nSPS) is 12.4. The fourth-order valence-electron chi connectivity index (χ4n) is 2.79. The highest BCUT2D eigenvalue weighted by atomic mass is 35.5. The molecule has 0 fully saturated rings. The second-order valence-electron chi connectivity index (χ2n) is 5.93. The van der Waals surface area contributed by atoms with Crippen LogP contribution in [0.5, 0.6) is 11.5 Å². The van der Waals surface area contributed by atoms with Gasteiger partial charge in [-0.3, -0.25) is 4.57 Å². The summed E-state index contributed by atoms with van der Waals surface area (Å²) in [5.74, 6) is 0.736. The minimum Gasteiger partial charge on any atom is -0.506 e. The van der Waals surface area contributed by atoms with Crippen LogP contribution in [-0.2, 0) is 0 Å². The number of imidazole rings is 1. The molecule has 0 amide bonds. The van der Waals surface area contributed by atoms with Crippen LogP contribution in [0, 0.1) is 0 Å². The van der Waals surface area contributed by atoms with E-state index in [0.717, 1.165) is 21.6 Å². The zero-order valence-electron chi connectivity index (χ0n) is 14.0. The van der Waals surface area contributed by atoms with E-state index in [0.29, 0.717) is 20.8 Å². The van der Waals surface area contributed by atoms with Gasteiger partial charge in [-0.2, -0.15) is 0 Å². The Morgan fingerprint density at radius 3 is 2.74 bits per heavy atom. The Morgan fingerprint density at radius 2 is 1.93 bits per heavy atom. The van der Waals surface area contributed by atoms with Crippen molar-refractivity contribution in [2.75, 3.05) is 0 Å². The summed E-state index contributed by atoms with van der Waals surface area (Å²) in [5.41, 5.74) is 2.35. The highest BCUT2D eigenvalue weighted by molar-refractivity contribution is 7.12. The van der Waals surface area contributed by atoms with E-state index in [-0.39, 0.29) is 11.9 Å². The van der Waals surface area contributed by atoms with E-state index < -0.39 is 0 Å². The molecular formula is C19H13Cl3N2O2S. The van der Waals surface area contributed by atoms with Crippen molar-refractivity contribution >= 4 is 57.2 Å². The van der Waals surface area contributed by atoms with E-state index in [9.17, 15) is 5.11 Å². The SMILES string of the molecule is C[C@@H](Oc1csc(-n2cnc3cc(Cl)c(Cl)cc32)c1)c1cccc(O)c1Cl. The first-order valence-corrected chi connectivity index (χ1v) is 10.0. The Balaban J connectivity index is 1.62. The van der Waals surface area contributed by atoms with Crippen LogP contribution in [0.3, 0.4) is 0 Å². The fraction of sp³-hybridized carbons (Fsp3) is 0.105. The lowest BCUT2D eigenvalue weighted by Crippen LogP contribution is -2.03. The number of aromatic hydroxyl groups is 1. The molecule has 0 saturated carbocycles. The number of ether oxygens (including phenoxy) is 1. The average Bonchev–Trinajstić information content (AvgIpc) is 3.24. The Labute approximate surface area is 174 Å². The van der Waals surface area contributed by atoms with Crippen molar-refractivity contribution in [2.45, 2.75) is 13.0 Å². The zero-order chi connectivity index (χ0) is 19.1. The molecule has 0 bridgehead atoms. The highest BCUT2D eigenvalue weighted by Gasteiger charge is 2.16. The van der Waals surface area contributed by atoms with E-state index in [4.69, 9.17) is 39.5 Å². The molecule has 0 aliphatic rings. The van der Waals surface area contributed by atoms with Gasteiger partial charge in [0.2, 0.25) is 0 Å². The summed E-state index contributed by atoms with van der Waals surface area (Å²) < 4.78 is 7.94. The zero-order valence-corrected chi connectivity index (χ0v) is 17.1. The number of phenols is 1. The first-order chi connectivity index (χ1) is 12.9. The molecule has 1 N–H and O–H groups in total. The van der Waals surface area contributed by atoms with Crippen LogP contribution >= 0.6 is 46.1 Å². The minimum absolute atomic E-state index is 0.0380. The maximum atomic E-state index is 9.77. The van der Waals surface area contributed by atoms with Crippen LogP contribution in [0.2, 0.25) is 15.1 Å². The predicted octanol–water partition coefficient (Wildman–Crippen LogP) is 6.89. The number of benzene rings is 2. The lowest BCUT2D eigenvalue weighted by Gasteiger charge is -2.15. The van der Waals surface area contributed by atoms with E-state index in [1.165, 1.54) is 11.3 Å². The lowest BCUT2D eigenvalue weighted by molar-refractivity contribution is 0.227. The predicted molar refractivity (Wildman–Crippen MR) is 111 cm³/mol. The number of aromatic nitrogens is 2. The molecule has 0 radical (unpaired) electrons. The molecular weight excluding hydrogens is 427 g/mol. The maximum Gasteiger partial charge on any atom is 0.134 e. The molecule has 138 valence electrons. The topological polar surface area (TPSA) is 47.3 Å². The lowest BCUT2D eigenvalue weighted by atomic mass is 10.1. The number of thiophene rings is 1. The van der Waals surface area contributed by atoms with Gasteiger partial charge in [0.15, 0.2) is 0 Å². The second kappa shape index (κ2) is 7.24. The molecule has 0 spiro atoms. The number of hydrogen-bond donors (Lipinski definition) is 1. The van der Waals surface area contributed by atoms with Gasteiger partial charge in [0.05, 0.1) is 26.1 Å². The Morgan fingerprint density at radius 1 is 1.15 bits per heavy atom. The minimum atomic E-state index is -0.320. The van der Waals surface area contributed by atoms with Crippen LogP contribution in [0.15, 0.2) is 48.1 Å². The number of fused-ring (bicyclic) bond motifs is 1. The first-order valence-electron chi connectivity index (χ1n) is 7.99. The molecule has 2 heterocycles. The number of hydrogen-bond acceptors (Lipinski definition) is 4. The molecule has 4 aromatic rings. The molecule has 2 aromatic carbocycles. The van der Waals surface area contributed by atoms with Gasteiger partial charge >= 0.3 is 0 Å². The quantitative estimate of drug-likeness (QED) is 0.376. The Bertz CT molecular complexity index is 1140. The van der Waals surface area contributed by atoms with Crippen LogP contribution in [0.25, 0.3) is 16.0 Å². The van der Waals surface area contributed by atoms with Gasteiger partial charge < -0.3 is 9.84 Å². The third-order valence-corrected chi connectivity index (χ3v) is 6.19. The molecule has 4 rings (SSSR count). The van der Waals surface area contributed by atoms with Crippen molar-refractivity contribution in [3.8, 4) is 16.5 Å². The van der Waals surface area contributed by atoms with E-state index in [1.807, 2.05) is 29.0 Å². The van der Waals surface area contributed by atoms with Crippen molar-refractivity contribution in [3.63, 3.8) is 0 Å². The van der Waals surface area contributed by atoms with Gasteiger partial charge in [-0.1, -0.05) is 46.9 Å². The van der Waals surface area contributed by atoms with Crippen LogP contribution in [0.4, 0.5) is 0 Å². The molecule has 1 atom stereocenters. The van der Waals surface area contributed by atoms with Gasteiger partial charge in [0.1, 0.15) is 28.9 Å². The van der Waals surface area contributed by atoms with Crippen LogP contribution in [0.1, 0.15) is 18.6 Å². The molecule has 8 heteroatoms. The van der Waals surface area contributed by atoms with Gasteiger partial charge in [-0.25, -0.2) is 4.98 Å². The van der Waals surface area contributed by atoms with Crippen LogP contribution in [-0.4, -0.2) is 14.7 Å². The average molecular weight is 440 g/mol. The number of nitrogens with zero attached hydrogens (tertiary/aromatic N) is 2. The van der Waals surface area contributed by atoms with Gasteiger partial charge in [-0.15, -0.1) is 11.3 Å². The summed E-state index contributed by atoms with van der Waals surface area (Å²) in [5, 5.41) is 13.9. The monoisotopic (exact) mass is 438 g/mol. The molecule has 27 heavy (non-hydrogen) atoms. The molecule has 0 aliphatic heterocycles. The summed E-state index contributed by atoms with van der Waals surface area (Å²) >= 11 is 19.9. The van der Waals surface area contributed by atoms with Crippen LogP contribution < -0.4 is 4.74 Å². The Kier molecular flexibility index (Phi) is 4.95. The standard InChI is InChI=1S/C19H13Cl3N2O2S/c1-10(12-3-2-4-17(25)19(12)22)26-11-5-18(27-8-11)24-9-23-15-6-13(20)14(21)7-16(15)24/h2-10,25H,1H3/t10-/m1/s1. The third kappa shape index (κ3) is 3.48. The summed E-state index contributed by atoms with van der Waals surface area (Å²) in [4.78, 5) is 4.38. The molecule has 0 aliphatic carbocycles. The number of halogens is 3. The molecule has 4 nitrogen and oxygen atoms in total. The van der Waals surface area contributed by atoms with Crippen molar-refractivity contribution in [3.05, 3.63) is 68.7 Å². The Hall–Kier alpha value is -1.92. The van der Waals surface area contributed by atoms with Crippen molar-refractivity contribution in [2.24, 2.45) is 0 Å². The summed E-state index contributed by atoms with van der Waals surface area (Å²) in [6, 6.07) is 10.6. The van der Waals surface area contributed by atoms with Crippen molar-refractivity contribution < 1.29 is 9.84 Å². The second-order valence-corrected chi connectivity index (χ2v) is 8.01. The maximum absolute atomic E-state index is 9.77. The van der Waals surface area contributed by atoms with Crippen molar-refractivity contribution in [1.82, 2.24) is 9.55 Å². The van der Waals surface area contributed by atoms with Gasteiger partial charge in [0, 0.05) is 17.0 Å². The van der Waals surface area contributed by atoms with E-state index in [1.54, 1.807) is 30.6 Å². The fourth-order valence-corrected chi connectivity index (χ4v) is 4.19. The number of rotatable bonds is 4. The largest absolute Gasteiger partial charge is 0.506 e. The molecule has 2 aromatic heterocycles. The summed E-state index contributed by atoms with van der Waals surface area (Å²) in [6.45, 7) is 1.88. The molecule has 0 unspecified atom stereocenters. The molecule has 0 saturated heterocycles.